The molecule has 1 atom stereocenters. The van der Waals surface area contributed by atoms with Gasteiger partial charge >= 0.3 is 6.18 Å². The smallest absolute Gasteiger partial charge is 0.416 e. The molecule has 1 heterocycles. The molecule has 1 aliphatic heterocycles. The van der Waals surface area contributed by atoms with Crippen molar-refractivity contribution in [3.63, 3.8) is 0 Å². The van der Waals surface area contributed by atoms with E-state index in [1.165, 1.54) is 6.07 Å². The lowest BCUT2D eigenvalue weighted by molar-refractivity contribution is -0.137. The molecule has 0 aliphatic carbocycles. The van der Waals surface area contributed by atoms with Gasteiger partial charge in [0.15, 0.2) is 0 Å². The first-order valence-electron chi connectivity index (χ1n) is 7.67. The van der Waals surface area contributed by atoms with Crippen LogP contribution in [0.4, 0.5) is 13.2 Å². The van der Waals surface area contributed by atoms with Crippen LogP contribution in [-0.2, 0) is 12.0 Å². The van der Waals surface area contributed by atoms with Gasteiger partial charge in [0.1, 0.15) is 5.75 Å². The van der Waals surface area contributed by atoms with Crippen molar-refractivity contribution in [2.75, 3.05) is 0 Å². The van der Waals surface area contributed by atoms with Crippen LogP contribution in [0.5, 0.6) is 5.75 Å². The normalized spacial score (nSPS) is 18.9. The lowest BCUT2D eigenvalue weighted by Gasteiger charge is -2.36. The van der Waals surface area contributed by atoms with Crippen molar-refractivity contribution in [3.05, 3.63) is 89.5 Å². The Bertz CT molecular complexity index is 935. The highest BCUT2D eigenvalue weighted by Gasteiger charge is 2.41. The molecule has 25 heavy (non-hydrogen) atoms. The molecule has 0 fully saturated rings. The predicted molar refractivity (Wildman–Crippen MR) is 86.9 cm³/mol. The number of hydrogen-bond acceptors (Lipinski definition) is 2. The molecule has 0 spiro atoms. The fourth-order valence-corrected chi connectivity index (χ4v) is 3.11. The monoisotopic (exact) mass is 342 g/mol. The quantitative estimate of drug-likeness (QED) is 0.677. The summed E-state index contributed by atoms with van der Waals surface area (Å²) in [5, 5.41) is 11.2. The van der Waals surface area contributed by atoms with E-state index in [9.17, 15) is 18.3 Å². The molecule has 3 aromatic rings. The van der Waals surface area contributed by atoms with Crippen LogP contribution >= 0.6 is 0 Å². The summed E-state index contributed by atoms with van der Waals surface area (Å²) in [4.78, 5) is 0. The van der Waals surface area contributed by atoms with Gasteiger partial charge in [-0.2, -0.15) is 13.2 Å². The van der Waals surface area contributed by atoms with E-state index in [0.29, 0.717) is 22.3 Å². The Kier molecular flexibility index (Phi) is 3.37. The molecule has 0 radical (unpaired) electrons. The van der Waals surface area contributed by atoms with Crippen molar-refractivity contribution in [2.24, 2.45) is 0 Å². The molecule has 1 N–H and O–H groups in total. The summed E-state index contributed by atoms with van der Waals surface area (Å²) >= 11 is 0. The van der Waals surface area contributed by atoms with Gasteiger partial charge in [0.2, 0.25) is 0 Å². The number of rotatable bonds is 1. The summed E-state index contributed by atoms with van der Waals surface area (Å²) in [7, 11) is 0. The number of fused-ring (bicyclic) bond motifs is 3. The average Bonchev–Trinajstić information content (AvgIpc) is 2.62. The minimum Gasteiger partial charge on any atom is -0.453 e. The number of hydrogen-bond donors (Lipinski definition) is 1. The third kappa shape index (κ3) is 2.48. The fraction of sp³-hybridized carbons (Fsp3) is 0.100. The van der Waals surface area contributed by atoms with Gasteiger partial charge in [-0.1, -0.05) is 54.6 Å². The summed E-state index contributed by atoms with van der Waals surface area (Å²) in [5.74, 6) is -1.55. The third-order valence-electron chi connectivity index (χ3n) is 4.31. The predicted octanol–water partition coefficient (Wildman–Crippen LogP) is 4.96. The molecule has 1 aliphatic rings. The molecular formula is C20H13F3O2. The van der Waals surface area contributed by atoms with Gasteiger partial charge in [0, 0.05) is 16.7 Å². The molecule has 2 nitrogen and oxygen atoms in total. The first-order valence-corrected chi connectivity index (χ1v) is 7.67. The van der Waals surface area contributed by atoms with Crippen LogP contribution in [0.15, 0.2) is 72.8 Å². The Morgan fingerprint density at radius 2 is 1.48 bits per heavy atom. The minimum atomic E-state index is -4.45. The Morgan fingerprint density at radius 3 is 2.20 bits per heavy atom. The summed E-state index contributed by atoms with van der Waals surface area (Å²) in [6.45, 7) is 0. The average molecular weight is 342 g/mol. The fourth-order valence-electron chi connectivity index (χ4n) is 3.11. The Labute approximate surface area is 142 Å². The Hall–Kier alpha value is -2.79. The van der Waals surface area contributed by atoms with E-state index in [4.69, 9.17) is 4.74 Å². The molecule has 0 amide bonds. The van der Waals surface area contributed by atoms with E-state index >= 15 is 0 Å². The molecule has 0 saturated carbocycles. The van der Waals surface area contributed by atoms with Gasteiger partial charge in [0.25, 0.3) is 5.79 Å². The summed E-state index contributed by atoms with van der Waals surface area (Å²) in [6, 6.07) is 18.8. The maximum absolute atomic E-state index is 13.1. The highest BCUT2D eigenvalue weighted by molar-refractivity contribution is 5.77. The number of halogens is 3. The van der Waals surface area contributed by atoms with Crippen molar-refractivity contribution in [2.45, 2.75) is 12.0 Å². The zero-order valence-corrected chi connectivity index (χ0v) is 12.9. The highest BCUT2D eigenvalue weighted by atomic mass is 19.4. The Morgan fingerprint density at radius 1 is 0.800 bits per heavy atom. The molecule has 0 bridgehead atoms. The summed E-state index contributed by atoms with van der Waals surface area (Å²) in [6.07, 6.45) is -4.45. The van der Waals surface area contributed by atoms with Gasteiger partial charge in [-0.3, -0.25) is 0 Å². The molecule has 0 saturated heterocycles. The van der Waals surface area contributed by atoms with Crippen LogP contribution in [0.2, 0.25) is 0 Å². The number of aliphatic hydroxyl groups is 1. The van der Waals surface area contributed by atoms with Gasteiger partial charge in [-0.15, -0.1) is 0 Å². The van der Waals surface area contributed by atoms with Crippen molar-refractivity contribution in [1.29, 1.82) is 0 Å². The lowest BCUT2D eigenvalue weighted by Crippen LogP contribution is -2.37. The van der Waals surface area contributed by atoms with Gasteiger partial charge in [-0.05, 0) is 23.8 Å². The first-order chi connectivity index (χ1) is 11.9. The van der Waals surface area contributed by atoms with E-state index < -0.39 is 17.5 Å². The zero-order valence-electron chi connectivity index (χ0n) is 12.9. The Balaban J connectivity index is 1.95. The topological polar surface area (TPSA) is 29.5 Å². The molecule has 3 aromatic carbocycles. The molecular weight excluding hydrogens is 329 g/mol. The SMILES string of the molecule is OC1(c2ccccc2)Oc2ccc(C(F)(F)F)cc2-c2ccccc21. The lowest BCUT2D eigenvalue weighted by atomic mass is 9.86. The maximum Gasteiger partial charge on any atom is 0.416 e. The molecule has 4 rings (SSSR count). The minimum absolute atomic E-state index is 0.207. The number of benzene rings is 3. The van der Waals surface area contributed by atoms with Gasteiger partial charge in [0.05, 0.1) is 5.56 Å². The summed E-state index contributed by atoms with van der Waals surface area (Å²) < 4.78 is 45.0. The second kappa shape index (κ2) is 5.36. The third-order valence-corrected chi connectivity index (χ3v) is 4.31. The first kappa shape index (κ1) is 15.7. The standard InChI is InChI=1S/C20H13F3O2/c21-20(22,23)14-10-11-18-16(12-14)15-8-4-5-9-17(15)19(24,25-18)13-6-2-1-3-7-13/h1-12,24H. The van der Waals surface area contributed by atoms with Crippen LogP contribution in [0.1, 0.15) is 16.7 Å². The van der Waals surface area contributed by atoms with Crippen molar-refractivity contribution in [3.8, 4) is 16.9 Å². The van der Waals surface area contributed by atoms with Crippen molar-refractivity contribution in [1.82, 2.24) is 0 Å². The van der Waals surface area contributed by atoms with Crippen LogP contribution in [-0.4, -0.2) is 5.11 Å². The van der Waals surface area contributed by atoms with Gasteiger partial charge in [-0.25, -0.2) is 0 Å². The maximum atomic E-state index is 13.1. The van der Waals surface area contributed by atoms with E-state index in [1.54, 1.807) is 48.5 Å². The summed E-state index contributed by atoms with van der Waals surface area (Å²) in [5.41, 5.74) is 0.989. The van der Waals surface area contributed by atoms with Crippen LogP contribution in [0.25, 0.3) is 11.1 Å². The van der Waals surface area contributed by atoms with E-state index in [2.05, 4.69) is 0 Å². The van der Waals surface area contributed by atoms with Crippen LogP contribution in [0.3, 0.4) is 0 Å². The second-order valence-corrected chi connectivity index (χ2v) is 5.87. The van der Waals surface area contributed by atoms with Crippen LogP contribution in [0, 0.1) is 0 Å². The molecule has 0 aromatic heterocycles. The largest absolute Gasteiger partial charge is 0.453 e. The second-order valence-electron chi connectivity index (χ2n) is 5.87. The molecule has 5 heteroatoms. The van der Waals surface area contributed by atoms with Crippen molar-refractivity contribution >= 4 is 0 Å². The van der Waals surface area contributed by atoms with Crippen molar-refractivity contribution < 1.29 is 23.0 Å². The molecule has 126 valence electrons. The number of ether oxygens (including phenoxy) is 1. The van der Waals surface area contributed by atoms with Gasteiger partial charge < -0.3 is 9.84 Å². The zero-order chi connectivity index (χ0) is 17.7. The highest BCUT2D eigenvalue weighted by Crippen LogP contribution is 2.48. The van der Waals surface area contributed by atoms with Crippen LogP contribution < -0.4 is 4.74 Å². The molecule has 1 unspecified atom stereocenters. The van der Waals surface area contributed by atoms with E-state index in [-0.39, 0.29) is 5.75 Å². The van der Waals surface area contributed by atoms with E-state index in [1.807, 2.05) is 6.07 Å². The van der Waals surface area contributed by atoms with E-state index in [0.717, 1.165) is 12.1 Å². The number of alkyl halides is 3.